The van der Waals surface area contributed by atoms with Crippen LogP contribution in [-0.4, -0.2) is 16.1 Å². The monoisotopic (exact) mass is 385 g/mol. The normalized spacial score (nSPS) is 14.1. The number of H-pyrrole nitrogens is 1. The topological polar surface area (TPSA) is 57.8 Å². The molecule has 0 atom stereocenters. The summed E-state index contributed by atoms with van der Waals surface area (Å²) in [5.74, 6) is 0.691. The second-order valence-corrected chi connectivity index (χ2v) is 6.94. The van der Waals surface area contributed by atoms with Crippen molar-refractivity contribution in [2.45, 2.75) is 31.4 Å². The Balaban J connectivity index is 1.53. The van der Waals surface area contributed by atoms with E-state index >= 15 is 0 Å². The van der Waals surface area contributed by atoms with Crippen LogP contribution in [0.2, 0.25) is 0 Å². The summed E-state index contributed by atoms with van der Waals surface area (Å²) in [6.07, 6.45) is -2.13. The molecule has 2 N–H and O–H groups in total. The maximum atomic E-state index is 13.0. The molecule has 7 heteroatoms. The first-order valence-electron chi connectivity index (χ1n) is 9.01. The van der Waals surface area contributed by atoms with Crippen LogP contribution in [0.15, 0.2) is 54.6 Å². The minimum Gasteiger partial charge on any atom is -0.309 e. The van der Waals surface area contributed by atoms with E-state index in [0.29, 0.717) is 28.4 Å². The lowest BCUT2D eigenvalue weighted by Crippen LogP contribution is -2.15. The number of hydrogen-bond donors (Lipinski definition) is 2. The van der Waals surface area contributed by atoms with Gasteiger partial charge in [-0.1, -0.05) is 36.4 Å². The summed E-state index contributed by atoms with van der Waals surface area (Å²) < 4.78 is 39.1. The molecule has 4 nitrogen and oxygen atoms in total. The molecule has 0 bridgehead atoms. The molecule has 0 unspecified atom stereocenters. The van der Waals surface area contributed by atoms with E-state index in [0.717, 1.165) is 30.7 Å². The van der Waals surface area contributed by atoms with E-state index in [-0.39, 0.29) is 12.3 Å². The van der Waals surface area contributed by atoms with E-state index in [2.05, 4.69) is 15.5 Å². The van der Waals surface area contributed by atoms with Gasteiger partial charge in [-0.15, -0.1) is 0 Å². The predicted octanol–water partition coefficient (Wildman–Crippen LogP) is 5.15. The van der Waals surface area contributed by atoms with Gasteiger partial charge in [-0.05, 0) is 41.7 Å². The van der Waals surface area contributed by atoms with Crippen molar-refractivity contribution in [3.63, 3.8) is 0 Å². The number of carbonyl (C=O) groups excluding carboxylic acids is 1. The standard InChI is InChI=1S/C21H18F3N3O/c22-21(23,24)16-6-3-5-14(10-16)17-7-2-1-4-15(17)11-20(28)25-19-12-18(26-27-19)13-8-9-13/h1-7,10,12-13H,8-9,11H2,(H2,25,26,27,28). The summed E-state index contributed by atoms with van der Waals surface area (Å²) in [5.41, 5.74) is 1.98. The highest BCUT2D eigenvalue weighted by Gasteiger charge is 2.30. The summed E-state index contributed by atoms with van der Waals surface area (Å²) in [4.78, 5) is 12.4. The minimum absolute atomic E-state index is 0.0397. The first-order chi connectivity index (χ1) is 13.4. The molecule has 1 aliphatic carbocycles. The Morgan fingerprint density at radius 2 is 1.89 bits per heavy atom. The molecule has 1 heterocycles. The van der Waals surface area contributed by atoms with Crippen LogP contribution in [0.4, 0.5) is 19.0 Å². The van der Waals surface area contributed by atoms with Crippen molar-refractivity contribution in [2.75, 3.05) is 5.32 Å². The van der Waals surface area contributed by atoms with Crippen molar-refractivity contribution in [2.24, 2.45) is 0 Å². The number of aromatic nitrogens is 2. The van der Waals surface area contributed by atoms with Gasteiger partial charge in [0, 0.05) is 17.7 Å². The van der Waals surface area contributed by atoms with Crippen molar-refractivity contribution >= 4 is 11.7 Å². The lowest BCUT2D eigenvalue weighted by molar-refractivity contribution is -0.137. The number of anilines is 1. The van der Waals surface area contributed by atoms with Gasteiger partial charge in [0.15, 0.2) is 5.82 Å². The maximum Gasteiger partial charge on any atom is 0.416 e. The molecule has 0 aliphatic heterocycles. The molecule has 28 heavy (non-hydrogen) atoms. The second-order valence-electron chi connectivity index (χ2n) is 6.94. The fourth-order valence-electron chi connectivity index (χ4n) is 3.18. The van der Waals surface area contributed by atoms with E-state index in [9.17, 15) is 18.0 Å². The third-order valence-corrected chi connectivity index (χ3v) is 4.75. The molecule has 144 valence electrons. The average Bonchev–Trinajstić information content (AvgIpc) is 3.41. The fraction of sp³-hybridized carbons (Fsp3) is 0.238. The van der Waals surface area contributed by atoms with Crippen LogP contribution in [-0.2, 0) is 17.4 Å². The number of rotatable bonds is 5. The number of hydrogen-bond acceptors (Lipinski definition) is 2. The van der Waals surface area contributed by atoms with Crippen LogP contribution >= 0.6 is 0 Å². The van der Waals surface area contributed by atoms with E-state index in [1.807, 2.05) is 6.07 Å². The Morgan fingerprint density at radius 1 is 1.11 bits per heavy atom. The molecular weight excluding hydrogens is 367 g/mol. The van der Waals surface area contributed by atoms with Gasteiger partial charge >= 0.3 is 6.18 Å². The molecule has 1 aromatic heterocycles. The van der Waals surface area contributed by atoms with Crippen LogP contribution in [0.3, 0.4) is 0 Å². The number of benzene rings is 2. The molecule has 1 fully saturated rings. The Morgan fingerprint density at radius 3 is 2.64 bits per heavy atom. The van der Waals surface area contributed by atoms with Gasteiger partial charge in [0.05, 0.1) is 12.0 Å². The van der Waals surface area contributed by atoms with Crippen LogP contribution in [0.5, 0.6) is 0 Å². The zero-order chi connectivity index (χ0) is 19.7. The Bertz CT molecular complexity index is 1010. The van der Waals surface area contributed by atoms with Gasteiger partial charge in [0.1, 0.15) is 0 Å². The highest BCUT2D eigenvalue weighted by molar-refractivity contribution is 5.92. The predicted molar refractivity (Wildman–Crippen MR) is 99.8 cm³/mol. The lowest BCUT2D eigenvalue weighted by Gasteiger charge is -2.12. The van der Waals surface area contributed by atoms with E-state index in [1.54, 1.807) is 30.3 Å². The first-order valence-corrected chi connectivity index (χ1v) is 9.01. The third kappa shape index (κ3) is 4.08. The lowest BCUT2D eigenvalue weighted by atomic mass is 9.96. The van der Waals surface area contributed by atoms with Crippen molar-refractivity contribution in [3.8, 4) is 11.1 Å². The SMILES string of the molecule is O=C(Cc1ccccc1-c1cccc(C(F)(F)F)c1)Nc1cc(C2CC2)[nH]n1. The fourth-order valence-corrected chi connectivity index (χ4v) is 3.18. The molecule has 1 saturated carbocycles. The van der Waals surface area contributed by atoms with Crippen LogP contribution < -0.4 is 5.32 Å². The molecule has 0 radical (unpaired) electrons. The zero-order valence-corrected chi connectivity index (χ0v) is 14.9. The van der Waals surface area contributed by atoms with Gasteiger partial charge in [0.25, 0.3) is 0 Å². The van der Waals surface area contributed by atoms with Crippen molar-refractivity contribution in [1.29, 1.82) is 0 Å². The number of nitrogens with zero attached hydrogens (tertiary/aromatic N) is 1. The number of amides is 1. The highest BCUT2D eigenvalue weighted by atomic mass is 19.4. The van der Waals surface area contributed by atoms with Crippen LogP contribution in [0.1, 0.15) is 35.6 Å². The molecule has 1 aliphatic rings. The second kappa shape index (κ2) is 7.14. The molecule has 2 aromatic carbocycles. The summed E-state index contributed by atoms with van der Waals surface area (Å²) >= 11 is 0. The van der Waals surface area contributed by atoms with E-state index in [1.165, 1.54) is 6.07 Å². The largest absolute Gasteiger partial charge is 0.416 e. The van der Waals surface area contributed by atoms with Gasteiger partial charge in [0.2, 0.25) is 5.91 Å². The number of carbonyl (C=O) groups is 1. The third-order valence-electron chi connectivity index (χ3n) is 4.75. The molecule has 3 aromatic rings. The Kier molecular flexibility index (Phi) is 4.66. The quantitative estimate of drug-likeness (QED) is 0.638. The smallest absolute Gasteiger partial charge is 0.309 e. The molecular formula is C21H18F3N3O. The highest BCUT2D eigenvalue weighted by Crippen LogP contribution is 2.39. The first kappa shape index (κ1) is 18.3. The van der Waals surface area contributed by atoms with E-state index in [4.69, 9.17) is 0 Å². The zero-order valence-electron chi connectivity index (χ0n) is 14.9. The number of nitrogens with one attached hydrogen (secondary N) is 2. The van der Waals surface area contributed by atoms with Crippen LogP contribution in [0, 0.1) is 0 Å². The van der Waals surface area contributed by atoms with Crippen LogP contribution in [0.25, 0.3) is 11.1 Å². The average molecular weight is 385 g/mol. The van der Waals surface area contributed by atoms with Gasteiger partial charge in [-0.25, -0.2) is 0 Å². The summed E-state index contributed by atoms with van der Waals surface area (Å²) in [6.45, 7) is 0. The number of halogens is 3. The number of alkyl halides is 3. The molecule has 1 amide bonds. The van der Waals surface area contributed by atoms with Crippen molar-refractivity contribution < 1.29 is 18.0 Å². The summed E-state index contributed by atoms with van der Waals surface area (Å²) in [6, 6.07) is 13.9. The minimum atomic E-state index is -4.42. The summed E-state index contributed by atoms with van der Waals surface area (Å²) in [7, 11) is 0. The Labute approximate surface area is 159 Å². The van der Waals surface area contributed by atoms with Gasteiger partial charge in [-0.2, -0.15) is 18.3 Å². The molecule has 0 saturated heterocycles. The number of aromatic amines is 1. The van der Waals surface area contributed by atoms with Crippen molar-refractivity contribution in [1.82, 2.24) is 10.2 Å². The van der Waals surface area contributed by atoms with Gasteiger partial charge in [-0.3, -0.25) is 9.89 Å². The van der Waals surface area contributed by atoms with Gasteiger partial charge < -0.3 is 5.32 Å². The van der Waals surface area contributed by atoms with E-state index < -0.39 is 11.7 Å². The Hall–Kier alpha value is -3.09. The summed E-state index contributed by atoms with van der Waals surface area (Å²) in [5, 5.41) is 9.77. The molecule has 4 rings (SSSR count). The molecule has 0 spiro atoms. The maximum absolute atomic E-state index is 13.0. The van der Waals surface area contributed by atoms with Crippen molar-refractivity contribution in [3.05, 3.63) is 71.4 Å².